The number of nitrogens with zero attached hydrogens (tertiary/aromatic N) is 5. The Bertz CT molecular complexity index is 735. The molecule has 1 amide bonds. The molecule has 1 aromatic carbocycles. The molecule has 0 N–H and O–H groups in total. The van der Waals surface area contributed by atoms with Gasteiger partial charge in [0.05, 0.1) is 6.61 Å². The predicted molar refractivity (Wildman–Crippen MR) is 89.6 cm³/mol. The van der Waals surface area contributed by atoms with Crippen LogP contribution in [0.2, 0.25) is 0 Å². The van der Waals surface area contributed by atoms with Crippen LogP contribution in [0.25, 0.3) is 11.4 Å². The van der Waals surface area contributed by atoms with Crippen molar-refractivity contribution in [3.8, 4) is 11.4 Å². The van der Waals surface area contributed by atoms with E-state index >= 15 is 0 Å². The van der Waals surface area contributed by atoms with Gasteiger partial charge in [0, 0.05) is 24.2 Å². The smallest absolute Gasteiger partial charge is 0.327 e. The van der Waals surface area contributed by atoms with Crippen LogP contribution in [0, 0.1) is 0 Å². The minimum absolute atomic E-state index is 0.0510. The van der Waals surface area contributed by atoms with E-state index in [1.165, 1.54) is 11.1 Å². The highest BCUT2D eigenvalue weighted by Gasteiger charge is 2.19. The van der Waals surface area contributed by atoms with Gasteiger partial charge in [-0.2, -0.15) is 0 Å². The fourth-order valence-electron chi connectivity index (χ4n) is 2.89. The molecule has 0 radical (unpaired) electrons. The Labute approximate surface area is 145 Å². The molecule has 1 saturated heterocycles. The van der Waals surface area contributed by atoms with Crippen molar-refractivity contribution in [3.05, 3.63) is 29.8 Å². The summed E-state index contributed by atoms with van der Waals surface area (Å²) in [5.74, 6) is 0.121. The number of amides is 1. The van der Waals surface area contributed by atoms with Gasteiger partial charge in [0.25, 0.3) is 5.91 Å². The lowest BCUT2D eigenvalue weighted by Crippen LogP contribution is -2.35. The van der Waals surface area contributed by atoms with Gasteiger partial charge >= 0.3 is 5.97 Å². The molecule has 0 saturated carbocycles. The molecule has 0 aliphatic carbocycles. The van der Waals surface area contributed by atoms with E-state index in [2.05, 4.69) is 15.5 Å². The summed E-state index contributed by atoms with van der Waals surface area (Å²) in [6, 6.07) is 7.14. The first-order chi connectivity index (χ1) is 12.2. The lowest BCUT2D eigenvalue weighted by atomic mass is 10.1. The fraction of sp³-hybridized carbons (Fsp3) is 0.471. The molecule has 8 heteroatoms. The number of likely N-dealkylation sites (tertiary alicyclic amines) is 1. The van der Waals surface area contributed by atoms with E-state index in [4.69, 9.17) is 4.74 Å². The topological polar surface area (TPSA) is 90.2 Å². The fourth-order valence-corrected chi connectivity index (χ4v) is 2.89. The maximum atomic E-state index is 12.5. The Morgan fingerprint density at radius 2 is 1.84 bits per heavy atom. The number of carbonyl (C=O) groups is 2. The molecular formula is C17H21N5O3. The second kappa shape index (κ2) is 7.87. The highest BCUT2D eigenvalue weighted by molar-refractivity contribution is 5.94. The van der Waals surface area contributed by atoms with Gasteiger partial charge in [-0.05, 0) is 48.7 Å². The average Bonchev–Trinajstić information content (AvgIpc) is 3.10. The van der Waals surface area contributed by atoms with Crippen molar-refractivity contribution in [2.75, 3.05) is 19.7 Å². The van der Waals surface area contributed by atoms with Crippen LogP contribution in [-0.2, 0) is 16.1 Å². The van der Waals surface area contributed by atoms with Crippen molar-refractivity contribution in [2.24, 2.45) is 0 Å². The van der Waals surface area contributed by atoms with Gasteiger partial charge in [0.2, 0.25) is 0 Å². The van der Waals surface area contributed by atoms with E-state index in [-0.39, 0.29) is 12.5 Å². The number of esters is 1. The summed E-state index contributed by atoms with van der Waals surface area (Å²) in [5, 5.41) is 11.4. The van der Waals surface area contributed by atoms with Crippen LogP contribution in [0.5, 0.6) is 0 Å². The molecule has 1 fully saturated rings. The first-order valence-corrected chi connectivity index (χ1v) is 8.50. The molecule has 0 unspecified atom stereocenters. The quantitative estimate of drug-likeness (QED) is 0.765. The average molecular weight is 343 g/mol. The molecule has 1 aliphatic rings. The maximum Gasteiger partial charge on any atom is 0.327 e. The summed E-state index contributed by atoms with van der Waals surface area (Å²) in [7, 11) is 0. The number of aromatic nitrogens is 4. The molecule has 2 heterocycles. The first-order valence-electron chi connectivity index (χ1n) is 8.50. The zero-order valence-electron chi connectivity index (χ0n) is 14.2. The van der Waals surface area contributed by atoms with E-state index in [1.807, 2.05) is 4.90 Å². The van der Waals surface area contributed by atoms with Crippen molar-refractivity contribution in [1.29, 1.82) is 0 Å². The first kappa shape index (κ1) is 17.1. The number of carbonyl (C=O) groups excluding carboxylic acids is 2. The van der Waals surface area contributed by atoms with Crippen molar-refractivity contribution in [1.82, 2.24) is 25.1 Å². The second-order valence-electron chi connectivity index (χ2n) is 5.90. The number of ether oxygens (including phenoxy) is 1. The largest absolute Gasteiger partial charge is 0.465 e. The monoisotopic (exact) mass is 343 g/mol. The number of rotatable bonds is 5. The molecule has 0 atom stereocenters. The number of hydrogen-bond acceptors (Lipinski definition) is 6. The normalized spacial score (nSPS) is 14.4. The molecule has 25 heavy (non-hydrogen) atoms. The third kappa shape index (κ3) is 4.01. The van der Waals surface area contributed by atoms with Crippen molar-refractivity contribution in [2.45, 2.75) is 32.7 Å². The summed E-state index contributed by atoms with van der Waals surface area (Å²) in [6.45, 7) is 3.64. The Hall–Kier alpha value is -2.77. The Morgan fingerprint density at radius 3 is 2.52 bits per heavy atom. The molecule has 0 bridgehead atoms. The number of hydrogen-bond donors (Lipinski definition) is 0. The lowest BCUT2D eigenvalue weighted by molar-refractivity contribution is -0.144. The van der Waals surface area contributed by atoms with Gasteiger partial charge in [-0.1, -0.05) is 12.1 Å². The molecule has 0 spiro atoms. The van der Waals surface area contributed by atoms with Crippen LogP contribution in [0.15, 0.2) is 24.3 Å². The lowest BCUT2D eigenvalue weighted by Gasteiger charge is -2.26. The predicted octanol–water partition coefficient (Wildman–Crippen LogP) is 1.53. The van der Waals surface area contributed by atoms with Crippen molar-refractivity contribution >= 4 is 11.9 Å². The summed E-state index contributed by atoms with van der Waals surface area (Å²) >= 11 is 0. The standard InChI is InChI=1S/C17H21N5O3/c1-2-25-15(23)12-22-16(18-19-20-22)13-6-8-14(9-7-13)17(24)21-10-4-3-5-11-21/h6-9H,2-5,10-12H2,1H3. The number of tetrazole rings is 1. The molecule has 3 rings (SSSR count). The van der Waals surface area contributed by atoms with E-state index < -0.39 is 5.97 Å². The van der Waals surface area contributed by atoms with Crippen molar-refractivity contribution in [3.63, 3.8) is 0 Å². The molecule has 132 valence electrons. The van der Waals surface area contributed by atoms with Gasteiger partial charge < -0.3 is 9.64 Å². The van der Waals surface area contributed by atoms with Gasteiger partial charge in [-0.15, -0.1) is 5.10 Å². The van der Waals surface area contributed by atoms with E-state index in [0.29, 0.717) is 18.0 Å². The summed E-state index contributed by atoms with van der Waals surface area (Å²) in [4.78, 5) is 26.0. The zero-order valence-corrected chi connectivity index (χ0v) is 14.2. The molecule has 1 aromatic heterocycles. The molecule has 1 aliphatic heterocycles. The van der Waals surface area contributed by atoms with E-state index in [9.17, 15) is 9.59 Å². The highest BCUT2D eigenvalue weighted by atomic mass is 16.5. The maximum absolute atomic E-state index is 12.5. The van der Waals surface area contributed by atoms with Gasteiger partial charge in [-0.3, -0.25) is 9.59 Å². The Kier molecular flexibility index (Phi) is 5.37. The number of piperidine rings is 1. The SMILES string of the molecule is CCOC(=O)Cn1nnnc1-c1ccc(C(=O)N2CCCCC2)cc1. The van der Waals surface area contributed by atoms with Crippen LogP contribution >= 0.6 is 0 Å². The van der Waals surface area contributed by atoms with E-state index in [1.54, 1.807) is 31.2 Å². The summed E-state index contributed by atoms with van der Waals surface area (Å²) in [5.41, 5.74) is 1.39. The third-order valence-electron chi connectivity index (χ3n) is 4.15. The van der Waals surface area contributed by atoms with Crippen LogP contribution in [-0.4, -0.2) is 56.7 Å². The molecular weight excluding hydrogens is 322 g/mol. The Balaban J connectivity index is 1.73. The molecule has 2 aromatic rings. The summed E-state index contributed by atoms with van der Waals surface area (Å²) in [6.07, 6.45) is 3.31. The Morgan fingerprint density at radius 1 is 1.12 bits per heavy atom. The van der Waals surface area contributed by atoms with Crippen LogP contribution in [0.3, 0.4) is 0 Å². The minimum Gasteiger partial charge on any atom is -0.465 e. The number of benzene rings is 1. The highest BCUT2D eigenvalue weighted by Crippen LogP contribution is 2.19. The van der Waals surface area contributed by atoms with Gasteiger partial charge in [-0.25, -0.2) is 4.68 Å². The third-order valence-corrected chi connectivity index (χ3v) is 4.15. The van der Waals surface area contributed by atoms with E-state index in [0.717, 1.165) is 31.5 Å². The summed E-state index contributed by atoms with van der Waals surface area (Å²) < 4.78 is 6.31. The van der Waals surface area contributed by atoms with Crippen LogP contribution in [0.4, 0.5) is 0 Å². The second-order valence-corrected chi connectivity index (χ2v) is 5.90. The minimum atomic E-state index is -0.395. The van der Waals surface area contributed by atoms with Gasteiger partial charge in [0.15, 0.2) is 5.82 Å². The van der Waals surface area contributed by atoms with Crippen LogP contribution < -0.4 is 0 Å². The van der Waals surface area contributed by atoms with Crippen molar-refractivity contribution < 1.29 is 14.3 Å². The van der Waals surface area contributed by atoms with Gasteiger partial charge in [0.1, 0.15) is 6.54 Å². The van der Waals surface area contributed by atoms with Crippen LogP contribution in [0.1, 0.15) is 36.5 Å². The zero-order chi connectivity index (χ0) is 17.6. The molecule has 8 nitrogen and oxygen atoms in total.